The highest BCUT2D eigenvalue weighted by molar-refractivity contribution is 5.39. The number of aliphatic hydroxyl groups is 1. The Kier molecular flexibility index (Phi) is 5.80. The summed E-state index contributed by atoms with van der Waals surface area (Å²) in [6.07, 6.45) is 5.98. The van der Waals surface area contributed by atoms with Crippen molar-refractivity contribution < 1.29 is 9.84 Å². The number of hydrogen-bond acceptors (Lipinski definition) is 4. The maximum absolute atomic E-state index is 11.9. The molecule has 1 aromatic rings. The summed E-state index contributed by atoms with van der Waals surface area (Å²) in [4.78, 5) is 4.79. The number of β-amino-alcohol motifs (C(OH)–C–C–N with tert-alkyl or cyclic N) is 1. The van der Waals surface area contributed by atoms with Crippen LogP contribution < -0.4 is 4.74 Å². The van der Waals surface area contributed by atoms with Crippen molar-refractivity contribution in [2.24, 2.45) is 5.92 Å². The van der Waals surface area contributed by atoms with Crippen LogP contribution in [0.3, 0.4) is 0 Å². The number of likely N-dealkylation sites (N-methyl/N-ethyl adjacent to an activating group) is 1. The SMILES string of the molecule is COc1ccccc1[C@@](O)(CN1CCN(C)CC1)C1CCCCC1. The summed E-state index contributed by atoms with van der Waals surface area (Å²) in [7, 11) is 3.88. The number of para-hydroxylation sites is 1. The summed E-state index contributed by atoms with van der Waals surface area (Å²) in [5, 5.41) is 11.9. The summed E-state index contributed by atoms with van der Waals surface area (Å²) in [5.74, 6) is 1.14. The predicted octanol–water partition coefficient (Wildman–Crippen LogP) is 2.71. The van der Waals surface area contributed by atoms with Gasteiger partial charge in [-0.2, -0.15) is 0 Å². The first-order valence-electron chi connectivity index (χ1n) is 9.40. The van der Waals surface area contributed by atoms with Crippen molar-refractivity contribution in [3.8, 4) is 5.75 Å². The zero-order valence-corrected chi connectivity index (χ0v) is 15.2. The number of benzene rings is 1. The molecular weight excluding hydrogens is 300 g/mol. The van der Waals surface area contributed by atoms with Gasteiger partial charge < -0.3 is 14.7 Å². The van der Waals surface area contributed by atoms with E-state index in [9.17, 15) is 5.11 Å². The first-order valence-corrected chi connectivity index (χ1v) is 9.40. The van der Waals surface area contributed by atoms with E-state index < -0.39 is 5.60 Å². The predicted molar refractivity (Wildman–Crippen MR) is 97.4 cm³/mol. The Bertz CT molecular complexity index is 522. The van der Waals surface area contributed by atoms with Gasteiger partial charge in [0.15, 0.2) is 0 Å². The largest absolute Gasteiger partial charge is 0.496 e. The van der Waals surface area contributed by atoms with Gasteiger partial charge in [0.2, 0.25) is 0 Å². The number of hydrogen-bond donors (Lipinski definition) is 1. The molecule has 1 heterocycles. The second-order valence-corrected chi connectivity index (χ2v) is 7.54. The van der Waals surface area contributed by atoms with E-state index in [4.69, 9.17) is 4.74 Å². The fraction of sp³-hybridized carbons (Fsp3) is 0.700. The zero-order chi connectivity index (χ0) is 17.0. The summed E-state index contributed by atoms with van der Waals surface area (Å²) < 4.78 is 5.60. The van der Waals surface area contributed by atoms with Crippen LogP contribution in [0.5, 0.6) is 5.75 Å². The lowest BCUT2D eigenvalue weighted by Gasteiger charge is -2.44. The van der Waals surface area contributed by atoms with Gasteiger partial charge in [-0.3, -0.25) is 4.90 Å². The molecule has 3 rings (SSSR count). The van der Waals surface area contributed by atoms with E-state index in [1.54, 1.807) is 7.11 Å². The summed E-state index contributed by atoms with van der Waals surface area (Å²) >= 11 is 0. The molecule has 0 radical (unpaired) electrons. The van der Waals surface area contributed by atoms with Crippen molar-refractivity contribution in [2.75, 3.05) is 46.9 Å². The Labute approximate surface area is 146 Å². The molecule has 24 heavy (non-hydrogen) atoms. The van der Waals surface area contributed by atoms with Gasteiger partial charge in [-0.15, -0.1) is 0 Å². The van der Waals surface area contributed by atoms with E-state index in [1.807, 2.05) is 18.2 Å². The van der Waals surface area contributed by atoms with Gasteiger partial charge >= 0.3 is 0 Å². The highest BCUT2D eigenvalue weighted by Crippen LogP contribution is 2.43. The van der Waals surface area contributed by atoms with Crippen molar-refractivity contribution >= 4 is 0 Å². The summed E-state index contributed by atoms with van der Waals surface area (Å²) in [6.45, 7) is 4.92. The minimum absolute atomic E-state index is 0.321. The topological polar surface area (TPSA) is 35.9 Å². The van der Waals surface area contributed by atoms with Crippen molar-refractivity contribution in [2.45, 2.75) is 37.7 Å². The molecule has 1 aliphatic carbocycles. The van der Waals surface area contributed by atoms with E-state index in [2.05, 4.69) is 22.9 Å². The maximum Gasteiger partial charge on any atom is 0.125 e. The highest BCUT2D eigenvalue weighted by atomic mass is 16.5. The van der Waals surface area contributed by atoms with Crippen LogP contribution in [-0.2, 0) is 5.60 Å². The normalized spacial score (nSPS) is 23.8. The van der Waals surface area contributed by atoms with Crippen molar-refractivity contribution in [1.29, 1.82) is 0 Å². The molecule has 0 unspecified atom stereocenters. The zero-order valence-electron chi connectivity index (χ0n) is 15.2. The number of ether oxygens (including phenoxy) is 1. The van der Waals surface area contributed by atoms with Crippen LogP contribution in [0, 0.1) is 5.92 Å². The molecule has 1 aliphatic heterocycles. The van der Waals surface area contributed by atoms with Crippen LogP contribution in [-0.4, -0.2) is 61.8 Å². The van der Waals surface area contributed by atoms with Gasteiger partial charge in [-0.05, 0) is 31.9 Å². The fourth-order valence-corrected chi connectivity index (χ4v) is 4.36. The summed E-state index contributed by atoms with van der Waals surface area (Å²) in [6, 6.07) is 8.05. The lowest BCUT2D eigenvalue weighted by molar-refractivity contribution is -0.0707. The van der Waals surface area contributed by atoms with Gasteiger partial charge in [0.05, 0.1) is 7.11 Å². The van der Waals surface area contributed by atoms with Crippen LogP contribution in [0.15, 0.2) is 24.3 Å². The minimum atomic E-state index is -0.817. The minimum Gasteiger partial charge on any atom is -0.496 e. The molecule has 4 nitrogen and oxygen atoms in total. The van der Waals surface area contributed by atoms with Crippen LogP contribution in [0.2, 0.25) is 0 Å². The Hall–Kier alpha value is -1.10. The van der Waals surface area contributed by atoms with Crippen LogP contribution in [0.1, 0.15) is 37.7 Å². The van der Waals surface area contributed by atoms with Gasteiger partial charge in [0.25, 0.3) is 0 Å². The average molecular weight is 332 g/mol. The molecule has 0 spiro atoms. The molecule has 1 saturated heterocycles. The van der Waals surface area contributed by atoms with Gasteiger partial charge in [0.1, 0.15) is 11.4 Å². The molecule has 0 amide bonds. The Morgan fingerprint density at radius 1 is 1.08 bits per heavy atom. The quantitative estimate of drug-likeness (QED) is 0.899. The average Bonchev–Trinajstić information content (AvgIpc) is 2.64. The standard InChI is InChI=1S/C20H32N2O2/c1-21-12-14-22(15-13-21)16-20(23,17-8-4-3-5-9-17)18-10-6-7-11-19(18)24-2/h6-7,10-11,17,23H,3-5,8-9,12-16H2,1-2H3/t20-/m1/s1. The van der Waals surface area contributed by atoms with Gasteiger partial charge in [-0.1, -0.05) is 37.5 Å². The Balaban J connectivity index is 1.88. The Morgan fingerprint density at radius 3 is 2.42 bits per heavy atom. The molecule has 1 N–H and O–H groups in total. The number of methoxy groups -OCH3 is 1. The van der Waals surface area contributed by atoms with E-state index in [0.717, 1.165) is 50.3 Å². The second kappa shape index (κ2) is 7.85. The van der Waals surface area contributed by atoms with Gasteiger partial charge in [-0.25, -0.2) is 0 Å². The third kappa shape index (κ3) is 3.76. The maximum atomic E-state index is 11.9. The van der Waals surface area contributed by atoms with Crippen molar-refractivity contribution in [1.82, 2.24) is 9.80 Å². The molecule has 1 atom stereocenters. The molecular formula is C20H32N2O2. The highest BCUT2D eigenvalue weighted by Gasteiger charge is 2.42. The Morgan fingerprint density at radius 2 is 1.75 bits per heavy atom. The van der Waals surface area contributed by atoms with Gasteiger partial charge in [0, 0.05) is 38.3 Å². The second-order valence-electron chi connectivity index (χ2n) is 7.54. The fourth-order valence-electron chi connectivity index (χ4n) is 4.36. The molecule has 4 heteroatoms. The smallest absolute Gasteiger partial charge is 0.125 e. The first-order chi connectivity index (χ1) is 11.6. The molecule has 1 aromatic carbocycles. The summed E-state index contributed by atoms with van der Waals surface area (Å²) in [5.41, 5.74) is 0.154. The lowest BCUT2D eigenvalue weighted by Crippen LogP contribution is -2.52. The third-order valence-corrected chi connectivity index (χ3v) is 5.91. The first kappa shape index (κ1) is 17.7. The lowest BCUT2D eigenvalue weighted by atomic mass is 9.72. The number of rotatable bonds is 5. The van der Waals surface area contributed by atoms with Crippen LogP contribution in [0.25, 0.3) is 0 Å². The van der Waals surface area contributed by atoms with Crippen molar-refractivity contribution in [3.63, 3.8) is 0 Å². The molecule has 2 fully saturated rings. The van der Waals surface area contributed by atoms with Crippen LogP contribution in [0.4, 0.5) is 0 Å². The van der Waals surface area contributed by atoms with E-state index >= 15 is 0 Å². The van der Waals surface area contributed by atoms with Crippen LogP contribution >= 0.6 is 0 Å². The van der Waals surface area contributed by atoms with E-state index in [0.29, 0.717) is 12.5 Å². The van der Waals surface area contributed by atoms with E-state index in [-0.39, 0.29) is 0 Å². The third-order valence-electron chi connectivity index (χ3n) is 5.91. The molecule has 0 bridgehead atoms. The number of nitrogens with zero attached hydrogens (tertiary/aromatic N) is 2. The molecule has 134 valence electrons. The number of piperazine rings is 1. The molecule has 1 saturated carbocycles. The monoisotopic (exact) mass is 332 g/mol. The van der Waals surface area contributed by atoms with E-state index in [1.165, 1.54) is 19.3 Å². The van der Waals surface area contributed by atoms with Crippen molar-refractivity contribution in [3.05, 3.63) is 29.8 Å². The molecule has 2 aliphatic rings. The molecule has 0 aromatic heterocycles.